The van der Waals surface area contributed by atoms with E-state index < -0.39 is 0 Å². The van der Waals surface area contributed by atoms with E-state index in [9.17, 15) is 4.79 Å². The average molecular weight is 306 g/mol. The molecule has 100 valence electrons. The van der Waals surface area contributed by atoms with Crippen LogP contribution in [0.1, 0.15) is 44.9 Å². The lowest BCUT2D eigenvalue weighted by Crippen LogP contribution is -2.27. The summed E-state index contributed by atoms with van der Waals surface area (Å²) in [5, 5.41) is 3.85. The van der Waals surface area contributed by atoms with Crippen LogP contribution in [0.2, 0.25) is 0 Å². The fourth-order valence-corrected chi connectivity index (χ4v) is 2.51. The molecule has 1 fully saturated rings. The van der Waals surface area contributed by atoms with Crippen molar-refractivity contribution >= 4 is 21.8 Å². The fourth-order valence-electron chi connectivity index (χ4n) is 2.28. The minimum atomic E-state index is 0.220. The Morgan fingerprint density at radius 1 is 1.24 bits per heavy atom. The van der Waals surface area contributed by atoms with Gasteiger partial charge in [-0.2, -0.15) is 0 Å². The van der Waals surface area contributed by atoms with Crippen LogP contribution in [0, 0.1) is 5.92 Å². The Kier molecular flexibility index (Phi) is 8.71. The number of hydrogen-bond donors (Lipinski definition) is 1. The minimum absolute atomic E-state index is 0.220. The molecule has 0 aromatic rings. The molecule has 0 radical (unpaired) electrons. The largest absolute Gasteiger partial charge is 0.381 e. The number of nitrogens with one attached hydrogen (secondary N) is 1. The lowest BCUT2D eigenvalue weighted by Gasteiger charge is -2.20. The van der Waals surface area contributed by atoms with E-state index in [-0.39, 0.29) is 5.91 Å². The van der Waals surface area contributed by atoms with Crippen molar-refractivity contribution in [2.45, 2.75) is 44.9 Å². The van der Waals surface area contributed by atoms with Crippen molar-refractivity contribution in [3.63, 3.8) is 0 Å². The zero-order valence-corrected chi connectivity index (χ0v) is 12.1. The molecule has 0 aliphatic heterocycles. The van der Waals surface area contributed by atoms with Crippen LogP contribution in [0.15, 0.2) is 0 Å². The number of halogens is 1. The van der Waals surface area contributed by atoms with Gasteiger partial charge in [-0.3, -0.25) is 4.79 Å². The van der Waals surface area contributed by atoms with Crippen molar-refractivity contribution < 1.29 is 9.53 Å². The van der Waals surface area contributed by atoms with E-state index in [0.717, 1.165) is 37.9 Å². The summed E-state index contributed by atoms with van der Waals surface area (Å²) in [5.41, 5.74) is 0. The normalized spacial score (nSPS) is 17.0. The topological polar surface area (TPSA) is 38.3 Å². The maximum Gasteiger partial charge on any atom is 0.220 e. The molecule has 0 bridgehead atoms. The summed E-state index contributed by atoms with van der Waals surface area (Å²) in [6, 6.07) is 0. The molecular weight excluding hydrogens is 282 g/mol. The molecular formula is C13H24BrNO2. The smallest absolute Gasteiger partial charge is 0.220 e. The van der Waals surface area contributed by atoms with Crippen LogP contribution in [0.3, 0.4) is 0 Å². The van der Waals surface area contributed by atoms with Gasteiger partial charge in [0.1, 0.15) is 0 Å². The first kappa shape index (κ1) is 15.0. The van der Waals surface area contributed by atoms with Crippen LogP contribution >= 0.6 is 15.9 Å². The molecule has 3 nitrogen and oxygen atoms in total. The quantitative estimate of drug-likeness (QED) is 0.553. The summed E-state index contributed by atoms with van der Waals surface area (Å²) in [5.74, 6) is 0.853. The number of amides is 1. The molecule has 0 atom stereocenters. The number of rotatable bonds is 8. The lowest BCUT2D eigenvalue weighted by atomic mass is 9.87. The molecule has 1 N–H and O–H groups in total. The SMILES string of the molecule is O=C(CC1CCCCC1)NCCCOCCBr. The highest BCUT2D eigenvalue weighted by Gasteiger charge is 2.16. The van der Waals surface area contributed by atoms with Gasteiger partial charge in [-0.05, 0) is 25.2 Å². The number of ether oxygens (including phenoxy) is 1. The predicted molar refractivity (Wildman–Crippen MR) is 73.4 cm³/mol. The summed E-state index contributed by atoms with van der Waals surface area (Å²) in [6.07, 6.45) is 8.06. The molecule has 0 aromatic heterocycles. The second-order valence-electron chi connectivity index (χ2n) is 4.71. The van der Waals surface area contributed by atoms with E-state index in [1.54, 1.807) is 0 Å². The monoisotopic (exact) mass is 305 g/mol. The summed E-state index contributed by atoms with van der Waals surface area (Å²) in [4.78, 5) is 11.6. The second kappa shape index (κ2) is 9.89. The molecule has 17 heavy (non-hydrogen) atoms. The number of carbonyl (C=O) groups excluding carboxylic acids is 1. The van der Waals surface area contributed by atoms with Gasteiger partial charge in [-0.25, -0.2) is 0 Å². The van der Waals surface area contributed by atoms with Crippen molar-refractivity contribution in [3.8, 4) is 0 Å². The minimum Gasteiger partial charge on any atom is -0.381 e. The van der Waals surface area contributed by atoms with E-state index in [1.165, 1.54) is 32.1 Å². The van der Waals surface area contributed by atoms with Gasteiger partial charge in [0.05, 0.1) is 6.61 Å². The van der Waals surface area contributed by atoms with Crippen molar-refractivity contribution in [2.75, 3.05) is 25.1 Å². The first-order valence-corrected chi connectivity index (χ1v) is 7.85. The van der Waals surface area contributed by atoms with Gasteiger partial charge in [-0.1, -0.05) is 35.2 Å². The molecule has 0 unspecified atom stereocenters. The third-order valence-electron chi connectivity index (χ3n) is 3.21. The summed E-state index contributed by atoms with van der Waals surface area (Å²) in [7, 11) is 0. The van der Waals surface area contributed by atoms with E-state index >= 15 is 0 Å². The molecule has 1 aliphatic carbocycles. The number of hydrogen-bond acceptors (Lipinski definition) is 2. The Morgan fingerprint density at radius 2 is 2.00 bits per heavy atom. The van der Waals surface area contributed by atoms with Crippen LogP contribution in [0.5, 0.6) is 0 Å². The van der Waals surface area contributed by atoms with Crippen LogP contribution in [0.4, 0.5) is 0 Å². The summed E-state index contributed by atoms with van der Waals surface area (Å²) >= 11 is 3.30. The Hall–Kier alpha value is -0.0900. The van der Waals surface area contributed by atoms with E-state index in [0.29, 0.717) is 5.92 Å². The van der Waals surface area contributed by atoms with Crippen LogP contribution in [-0.2, 0) is 9.53 Å². The molecule has 0 spiro atoms. The van der Waals surface area contributed by atoms with Gasteiger partial charge in [0.25, 0.3) is 0 Å². The third kappa shape index (κ3) is 7.77. The number of carbonyl (C=O) groups is 1. The van der Waals surface area contributed by atoms with Gasteiger partial charge >= 0.3 is 0 Å². The molecule has 0 aromatic carbocycles. The highest BCUT2D eigenvalue weighted by molar-refractivity contribution is 9.09. The molecule has 4 heteroatoms. The lowest BCUT2D eigenvalue weighted by molar-refractivity contribution is -0.122. The Bertz CT molecular complexity index is 206. The Balaban J connectivity index is 1.93. The predicted octanol–water partition coefficient (Wildman–Crippen LogP) is 2.87. The highest BCUT2D eigenvalue weighted by Crippen LogP contribution is 2.25. The van der Waals surface area contributed by atoms with E-state index in [2.05, 4.69) is 21.2 Å². The Labute approximate surface area is 113 Å². The van der Waals surface area contributed by atoms with Crippen molar-refractivity contribution in [1.82, 2.24) is 5.32 Å². The molecule has 1 aliphatic rings. The standard InChI is InChI=1S/C13H24BrNO2/c14-7-10-17-9-4-8-15-13(16)11-12-5-2-1-3-6-12/h12H,1-11H2,(H,15,16). The zero-order chi connectivity index (χ0) is 12.3. The van der Waals surface area contributed by atoms with Crippen molar-refractivity contribution in [1.29, 1.82) is 0 Å². The van der Waals surface area contributed by atoms with Gasteiger partial charge in [-0.15, -0.1) is 0 Å². The van der Waals surface area contributed by atoms with Crippen LogP contribution in [0.25, 0.3) is 0 Å². The molecule has 0 saturated heterocycles. The second-order valence-corrected chi connectivity index (χ2v) is 5.51. The molecule has 1 saturated carbocycles. The van der Waals surface area contributed by atoms with Gasteiger partial charge in [0.15, 0.2) is 0 Å². The Morgan fingerprint density at radius 3 is 2.71 bits per heavy atom. The van der Waals surface area contributed by atoms with E-state index in [1.807, 2.05) is 0 Å². The highest BCUT2D eigenvalue weighted by atomic mass is 79.9. The van der Waals surface area contributed by atoms with Crippen molar-refractivity contribution in [3.05, 3.63) is 0 Å². The van der Waals surface area contributed by atoms with Crippen molar-refractivity contribution in [2.24, 2.45) is 5.92 Å². The van der Waals surface area contributed by atoms with Gasteiger partial charge in [0.2, 0.25) is 5.91 Å². The maximum absolute atomic E-state index is 11.6. The number of alkyl halides is 1. The fraction of sp³-hybridized carbons (Fsp3) is 0.923. The molecule has 1 rings (SSSR count). The maximum atomic E-state index is 11.6. The van der Waals surface area contributed by atoms with Gasteiger partial charge < -0.3 is 10.1 Å². The first-order chi connectivity index (χ1) is 8.33. The zero-order valence-electron chi connectivity index (χ0n) is 10.5. The summed E-state index contributed by atoms with van der Waals surface area (Å²) < 4.78 is 5.32. The molecule has 0 heterocycles. The third-order valence-corrected chi connectivity index (χ3v) is 3.53. The van der Waals surface area contributed by atoms with Crippen LogP contribution in [-0.4, -0.2) is 31.0 Å². The summed E-state index contributed by atoms with van der Waals surface area (Å²) in [6.45, 7) is 2.22. The van der Waals surface area contributed by atoms with Gasteiger partial charge in [0, 0.05) is 24.9 Å². The first-order valence-electron chi connectivity index (χ1n) is 6.73. The van der Waals surface area contributed by atoms with E-state index in [4.69, 9.17) is 4.74 Å². The molecule has 1 amide bonds. The van der Waals surface area contributed by atoms with Crippen LogP contribution < -0.4 is 5.32 Å². The average Bonchev–Trinajstić information content (AvgIpc) is 2.35.